The number of anilines is 1. The van der Waals surface area contributed by atoms with E-state index in [0.29, 0.717) is 11.3 Å². The molecular formula is C12H18N2O3. The first-order chi connectivity index (χ1) is 7.95. The lowest BCUT2D eigenvalue weighted by Crippen LogP contribution is -2.26. The van der Waals surface area contributed by atoms with E-state index in [2.05, 4.69) is 5.32 Å². The molecular weight excluding hydrogens is 220 g/mol. The van der Waals surface area contributed by atoms with Crippen LogP contribution in [0, 0.1) is 23.0 Å². The Hall–Kier alpha value is -1.62. The highest BCUT2D eigenvalue weighted by molar-refractivity contribution is 5.55. The number of aliphatic hydroxyl groups is 1. The molecule has 0 spiro atoms. The number of rotatable bonds is 5. The first-order valence-electron chi connectivity index (χ1n) is 5.58. The average Bonchev–Trinajstić information content (AvgIpc) is 2.30. The van der Waals surface area contributed by atoms with E-state index in [0.717, 1.165) is 0 Å². The van der Waals surface area contributed by atoms with Crippen LogP contribution in [0.15, 0.2) is 18.2 Å². The minimum Gasteiger partial charge on any atom is -0.396 e. The summed E-state index contributed by atoms with van der Waals surface area (Å²) in [6, 6.07) is 5.11. The van der Waals surface area contributed by atoms with E-state index in [-0.39, 0.29) is 29.2 Å². The Kier molecular flexibility index (Phi) is 4.45. The van der Waals surface area contributed by atoms with Gasteiger partial charge in [0.1, 0.15) is 0 Å². The Morgan fingerprint density at radius 2 is 2.12 bits per heavy atom. The van der Waals surface area contributed by atoms with Crippen LogP contribution in [0.4, 0.5) is 11.4 Å². The van der Waals surface area contributed by atoms with Crippen molar-refractivity contribution in [3.8, 4) is 0 Å². The van der Waals surface area contributed by atoms with Crippen molar-refractivity contribution in [1.82, 2.24) is 0 Å². The zero-order valence-corrected chi connectivity index (χ0v) is 10.3. The lowest BCUT2D eigenvalue weighted by atomic mass is 10.0. The Morgan fingerprint density at radius 1 is 1.47 bits per heavy atom. The Balaban J connectivity index is 2.86. The number of nitrogens with zero attached hydrogens (tertiary/aromatic N) is 1. The molecule has 0 saturated heterocycles. The maximum absolute atomic E-state index is 10.8. The summed E-state index contributed by atoms with van der Waals surface area (Å²) >= 11 is 0. The van der Waals surface area contributed by atoms with E-state index in [1.807, 2.05) is 19.9 Å². The van der Waals surface area contributed by atoms with Gasteiger partial charge in [0.2, 0.25) is 0 Å². The summed E-state index contributed by atoms with van der Waals surface area (Å²) in [5.41, 5.74) is 1.46. The third kappa shape index (κ3) is 3.42. The maximum atomic E-state index is 10.8. The van der Waals surface area contributed by atoms with E-state index < -0.39 is 0 Å². The van der Waals surface area contributed by atoms with Gasteiger partial charge in [0.15, 0.2) is 0 Å². The molecule has 0 aromatic heterocycles. The summed E-state index contributed by atoms with van der Waals surface area (Å²) in [5, 5.41) is 23.0. The number of hydrogen-bond donors (Lipinski definition) is 2. The van der Waals surface area contributed by atoms with Gasteiger partial charge >= 0.3 is 0 Å². The van der Waals surface area contributed by atoms with Crippen LogP contribution < -0.4 is 5.32 Å². The molecule has 0 radical (unpaired) electrons. The molecule has 0 bridgehead atoms. The first-order valence-corrected chi connectivity index (χ1v) is 5.58. The number of nitrogens with one attached hydrogen (secondary N) is 1. The maximum Gasteiger partial charge on any atom is 0.274 e. The Morgan fingerprint density at radius 3 is 2.65 bits per heavy atom. The molecule has 17 heavy (non-hydrogen) atoms. The summed E-state index contributed by atoms with van der Waals surface area (Å²) < 4.78 is 0. The normalized spacial score (nSPS) is 14.1. The van der Waals surface area contributed by atoms with Gasteiger partial charge in [-0.3, -0.25) is 10.1 Å². The van der Waals surface area contributed by atoms with Crippen molar-refractivity contribution in [3.05, 3.63) is 33.9 Å². The number of benzene rings is 1. The summed E-state index contributed by atoms with van der Waals surface area (Å²) in [6.45, 7) is 5.65. The topological polar surface area (TPSA) is 75.4 Å². The second kappa shape index (κ2) is 5.63. The Labute approximate surface area is 101 Å². The van der Waals surface area contributed by atoms with Crippen molar-refractivity contribution in [2.75, 3.05) is 11.9 Å². The third-order valence-electron chi connectivity index (χ3n) is 2.94. The summed E-state index contributed by atoms with van der Waals surface area (Å²) in [7, 11) is 0. The zero-order valence-electron chi connectivity index (χ0n) is 10.3. The van der Waals surface area contributed by atoms with Gasteiger partial charge in [-0.25, -0.2) is 0 Å². The van der Waals surface area contributed by atoms with Gasteiger partial charge in [-0.1, -0.05) is 13.0 Å². The van der Waals surface area contributed by atoms with Gasteiger partial charge in [-0.2, -0.15) is 0 Å². The zero-order chi connectivity index (χ0) is 13.0. The van der Waals surface area contributed by atoms with Gasteiger partial charge in [-0.05, 0) is 25.8 Å². The lowest BCUT2D eigenvalue weighted by Gasteiger charge is -2.20. The molecule has 94 valence electrons. The molecule has 2 N–H and O–H groups in total. The number of hydrogen-bond acceptors (Lipinski definition) is 4. The third-order valence-corrected chi connectivity index (χ3v) is 2.94. The molecule has 0 saturated carbocycles. The highest BCUT2D eigenvalue weighted by Crippen LogP contribution is 2.23. The van der Waals surface area contributed by atoms with Crippen LogP contribution in [0.1, 0.15) is 19.4 Å². The van der Waals surface area contributed by atoms with Crippen LogP contribution in [0.5, 0.6) is 0 Å². The fraction of sp³-hybridized carbons (Fsp3) is 0.500. The summed E-state index contributed by atoms with van der Waals surface area (Å²) in [4.78, 5) is 10.4. The molecule has 1 aromatic carbocycles. The number of nitro benzene ring substituents is 1. The number of aliphatic hydroxyl groups excluding tert-OH is 1. The van der Waals surface area contributed by atoms with E-state index in [4.69, 9.17) is 5.11 Å². The molecule has 0 aliphatic heterocycles. The molecule has 0 aliphatic rings. The smallest absolute Gasteiger partial charge is 0.274 e. The predicted octanol–water partition coefficient (Wildman–Crippen LogP) is 2.33. The van der Waals surface area contributed by atoms with Gasteiger partial charge in [-0.15, -0.1) is 0 Å². The highest BCUT2D eigenvalue weighted by atomic mass is 16.6. The molecule has 2 unspecified atom stereocenters. The largest absolute Gasteiger partial charge is 0.396 e. The average molecular weight is 238 g/mol. The molecule has 2 atom stereocenters. The second-order valence-electron chi connectivity index (χ2n) is 4.35. The van der Waals surface area contributed by atoms with Gasteiger partial charge in [0, 0.05) is 30.0 Å². The van der Waals surface area contributed by atoms with Crippen LogP contribution >= 0.6 is 0 Å². The van der Waals surface area contributed by atoms with Crippen LogP contribution in [0.25, 0.3) is 0 Å². The molecule has 5 heteroatoms. The molecule has 0 aliphatic carbocycles. The van der Waals surface area contributed by atoms with E-state index in [1.165, 1.54) is 6.07 Å². The minimum atomic E-state index is -0.388. The van der Waals surface area contributed by atoms with Crippen LogP contribution in [-0.2, 0) is 0 Å². The fourth-order valence-electron chi connectivity index (χ4n) is 1.46. The van der Waals surface area contributed by atoms with Crippen molar-refractivity contribution in [2.45, 2.75) is 26.8 Å². The van der Waals surface area contributed by atoms with Crippen molar-refractivity contribution >= 4 is 11.4 Å². The van der Waals surface area contributed by atoms with Crippen molar-refractivity contribution < 1.29 is 10.0 Å². The molecule has 1 rings (SSSR count). The van der Waals surface area contributed by atoms with Crippen molar-refractivity contribution in [3.63, 3.8) is 0 Å². The molecule has 0 fully saturated rings. The predicted molar refractivity (Wildman–Crippen MR) is 67.2 cm³/mol. The monoisotopic (exact) mass is 238 g/mol. The molecule has 5 nitrogen and oxygen atoms in total. The fourth-order valence-corrected chi connectivity index (χ4v) is 1.46. The lowest BCUT2D eigenvalue weighted by molar-refractivity contribution is -0.385. The van der Waals surface area contributed by atoms with E-state index >= 15 is 0 Å². The summed E-state index contributed by atoms with van der Waals surface area (Å²) in [5.74, 6) is 0.0929. The highest BCUT2D eigenvalue weighted by Gasteiger charge is 2.14. The molecule has 0 amide bonds. The van der Waals surface area contributed by atoms with E-state index in [9.17, 15) is 10.1 Å². The Bertz CT molecular complexity index is 407. The van der Waals surface area contributed by atoms with Gasteiger partial charge in [0.05, 0.1) is 4.92 Å². The molecule has 1 aromatic rings. The number of nitro groups is 1. The van der Waals surface area contributed by atoms with Gasteiger partial charge < -0.3 is 10.4 Å². The van der Waals surface area contributed by atoms with Gasteiger partial charge in [0.25, 0.3) is 5.69 Å². The SMILES string of the molecule is Cc1ccc(NC(C)C(C)CO)cc1[N+](=O)[O-]. The summed E-state index contributed by atoms with van der Waals surface area (Å²) in [6.07, 6.45) is 0. The first kappa shape index (κ1) is 13.4. The van der Waals surface area contributed by atoms with Crippen molar-refractivity contribution in [1.29, 1.82) is 0 Å². The van der Waals surface area contributed by atoms with Crippen molar-refractivity contribution in [2.24, 2.45) is 5.92 Å². The minimum absolute atomic E-state index is 0.0577. The quantitative estimate of drug-likeness (QED) is 0.609. The van der Waals surface area contributed by atoms with E-state index in [1.54, 1.807) is 13.0 Å². The number of aryl methyl sites for hydroxylation is 1. The standard InChI is InChI=1S/C12H18N2O3/c1-8-4-5-11(6-12(8)14(16)17)13-10(3)9(2)7-15/h4-6,9-10,13,15H,7H2,1-3H3. The second-order valence-corrected chi connectivity index (χ2v) is 4.35. The van der Waals surface area contributed by atoms with Crippen LogP contribution in [0.3, 0.4) is 0 Å². The van der Waals surface area contributed by atoms with Crippen LogP contribution in [0.2, 0.25) is 0 Å². The van der Waals surface area contributed by atoms with Crippen LogP contribution in [-0.4, -0.2) is 22.7 Å². The molecule has 0 heterocycles.